The highest BCUT2D eigenvalue weighted by Crippen LogP contribution is 2.14. The van der Waals surface area contributed by atoms with Crippen LogP contribution in [0.4, 0.5) is 5.69 Å². The Morgan fingerprint density at radius 3 is 1.93 bits per heavy atom. The number of non-ortho nitro benzene ring substituents is 1. The van der Waals surface area contributed by atoms with E-state index in [1.165, 1.54) is 24.3 Å². The lowest BCUT2D eigenvalue weighted by atomic mass is 10.3. The van der Waals surface area contributed by atoms with Crippen LogP contribution in [-0.2, 0) is 4.79 Å². The summed E-state index contributed by atoms with van der Waals surface area (Å²) in [5, 5.41) is 25.6. The van der Waals surface area contributed by atoms with Gasteiger partial charge >= 0.3 is 0 Å². The van der Waals surface area contributed by atoms with Gasteiger partial charge in [-0.2, -0.15) is 0 Å². The minimum Gasteiger partial charge on any atom is -0.508 e. The average molecular weight is 202 g/mol. The number of rotatable bonds is 1. The second kappa shape index (κ2) is 7.50. The molecule has 5 N–H and O–H groups in total. The zero-order valence-corrected chi connectivity index (χ0v) is 7.16. The van der Waals surface area contributed by atoms with Crippen LogP contribution in [0.1, 0.15) is 0 Å². The van der Waals surface area contributed by atoms with Crippen molar-refractivity contribution in [2.24, 2.45) is 0 Å². The van der Waals surface area contributed by atoms with Gasteiger partial charge in [-0.05, 0) is 12.1 Å². The Hall–Kier alpha value is -2.15. The Bertz CT molecular complexity index is 285. The summed E-state index contributed by atoms with van der Waals surface area (Å²) >= 11 is 0. The molecule has 0 aliphatic heterocycles. The number of nitro groups is 1. The third-order valence-corrected chi connectivity index (χ3v) is 1.06. The molecule has 78 valence electrons. The third-order valence-electron chi connectivity index (χ3n) is 1.06. The van der Waals surface area contributed by atoms with Gasteiger partial charge in [0.05, 0.1) is 4.92 Å². The molecule has 0 heterocycles. The van der Waals surface area contributed by atoms with Gasteiger partial charge in [0.1, 0.15) is 5.75 Å². The van der Waals surface area contributed by atoms with Crippen LogP contribution in [0.15, 0.2) is 24.3 Å². The summed E-state index contributed by atoms with van der Waals surface area (Å²) in [6.07, 6.45) is 0. The standard InChI is InChI=1S/C6H5NO3.CH2O2.H3N/c8-6-3-1-5(2-4-6)7(9)10;2-1-3;/h1-4,8H;1H,(H,2,3);1H3. The summed E-state index contributed by atoms with van der Waals surface area (Å²) in [6.45, 7) is -0.250. The highest BCUT2D eigenvalue weighted by atomic mass is 16.6. The van der Waals surface area contributed by atoms with E-state index < -0.39 is 4.92 Å². The summed E-state index contributed by atoms with van der Waals surface area (Å²) in [5.41, 5.74) is -0.0159. The van der Waals surface area contributed by atoms with Gasteiger partial charge in [-0.25, -0.2) is 0 Å². The van der Waals surface area contributed by atoms with E-state index in [0.717, 1.165) is 0 Å². The molecule has 0 fully saturated rings. The summed E-state index contributed by atoms with van der Waals surface area (Å²) in [6, 6.07) is 5.04. The number of phenolic OH excluding ortho intramolecular Hbond substituents is 1. The van der Waals surface area contributed by atoms with Gasteiger partial charge in [-0.15, -0.1) is 0 Å². The van der Waals surface area contributed by atoms with Gasteiger partial charge in [-0.1, -0.05) is 0 Å². The van der Waals surface area contributed by atoms with Gasteiger partial charge in [0.25, 0.3) is 12.2 Å². The Morgan fingerprint density at radius 2 is 1.64 bits per heavy atom. The lowest BCUT2D eigenvalue weighted by Gasteiger charge is -1.89. The number of carbonyl (C=O) groups is 1. The maximum absolute atomic E-state index is 10.0. The van der Waals surface area contributed by atoms with E-state index >= 15 is 0 Å². The SMILES string of the molecule is N.O=CO.O=[N+]([O-])c1ccc(O)cc1. The van der Waals surface area contributed by atoms with Crippen LogP contribution in [0.5, 0.6) is 5.75 Å². The van der Waals surface area contributed by atoms with Gasteiger partial charge in [0, 0.05) is 12.1 Å². The summed E-state index contributed by atoms with van der Waals surface area (Å²) < 4.78 is 0. The first kappa shape index (κ1) is 14.4. The smallest absolute Gasteiger partial charge is 0.290 e. The van der Waals surface area contributed by atoms with E-state index in [9.17, 15) is 10.1 Å². The lowest BCUT2D eigenvalue weighted by Crippen LogP contribution is -1.85. The molecule has 0 unspecified atom stereocenters. The quantitative estimate of drug-likeness (QED) is 0.355. The normalized spacial score (nSPS) is 7.43. The zero-order valence-electron chi connectivity index (χ0n) is 7.16. The number of carboxylic acid groups (broad SMARTS) is 1. The van der Waals surface area contributed by atoms with Gasteiger partial charge in [-0.3, -0.25) is 14.9 Å². The zero-order chi connectivity index (χ0) is 10.3. The minimum atomic E-state index is -0.514. The molecule has 0 saturated heterocycles. The second-order valence-corrected chi connectivity index (χ2v) is 1.88. The van der Waals surface area contributed by atoms with Gasteiger partial charge < -0.3 is 16.4 Å². The molecule has 14 heavy (non-hydrogen) atoms. The number of benzene rings is 1. The number of phenols is 1. The highest BCUT2D eigenvalue weighted by Gasteiger charge is 2.01. The molecule has 1 aromatic carbocycles. The van der Waals surface area contributed by atoms with Crippen LogP contribution in [0.25, 0.3) is 0 Å². The predicted molar refractivity (Wildman–Crippen MR) is 48.5 cm³/mol. The first-order chi connectivity index (χ1) is 6.11. The Morgan fingerprint density at radius 1 is 1.29 bits per heavy atom. The van der Waals surface area contributed by atoms with Crippen LogP contribution in [0, 0.1) is 10.1 Å². The Labute approximate surface area is 79.3 Å². The topological polar surface area (TPSA) is 136 Å². The van der Waals surface area contributed by atoms with E-state index in [2.05, 4.69) is 0 Å². The molecule has 0 atom stereocenters. The molecule has 7 heteroatoms. The van der Waals surface area contributed by atoms with Crippen LogP contribution < -0.4 is 6.15 Å². The van der Waals surface area contributed by atoms with Crippen LogP contribution in [0.2, 0.25) is 0 Å². The number of nitrogens with zero attached hydrogens (tertiary/aromatic N) is 1. The molecule has 0 aromatic heterocycles. The fraction of sp³-hybridized carbons (Fsp3) is 0. The Balaban J connectivity index is 0. The molecule has 0 amide bonds. The van der Waals surface area contributed by atoms with Crippen molar-refractivity contribution in [1.29, 1.82) is 0 Å². The molecule has 0 spiro atoms. The van der Waals surface area contributed by atoms with Gasteiger partial charge in [0.2, 0.25) is 0 Å². The van der Waals surface area contributed by atoms with Crippen LogP contribution in [-0.4, -0.2) is 21.6 Å². The van der Waals surface area contributed by atoms with E-state index in [0.29, 0.717) is 0 Å². The Kier molecular flexibility index (Phi) is 7.70. The molecule has 1 rings (SSSR count). The number of hydrogen-bond donors (Lipinski definition) is 3. The molecule has 0 bridgehead atoms. The molecule has 0 radical (unpaired) electrons. The van der Waals surface area contributed by atoms with Crippen molar-refractivity contribution < 1.29 is 19.9 Å². The number of nitro benzene ring substituents is 1. The van der Waals surface area contributed by atoms with E-state index in [1.807, 2.05) is 0 Å². The first-order valence-corrected chi connectivity index (χ1v) is 3.13. The van der Waals surface area contributed by atoms with Gasteiger partial charge in [0.15, 0.2) is 0 Å². The van der Waals surface area contributed by atoms with Crippen LogP contribution >= 0.6 is 0 Å². The van der Waals surface area contributed by atoms with E-state index in [1.54, 1.807) is 0 Å². The number of hydrogen-bond acceptors (Lipinski definition) is 5. The fourth-order valence-electron chi connectivity index (χ4n) is 0.574. The van der Waals surface area contributed by atoms with E-state index in [4.69, 9.17) is 15.0 Å². The molecule has 0 saturated carbocycles. The third kappa shape index (κ3) is 5.49. The molecular formula is C7H10N2O5. The summed E-state index contributed by atoms with van der Waals surface area (Å²) in [7, 11) is 0. The molecule has 0 aliphatic rings. The predicted octanol–water partition coefficient (Wildman–Crippen LogP) is 1.16. The van der Waals surface area contributed by atoms with Crippen molar-refractivity contribution in [3.05, 3.63) is 34.4 Å². The minimum absolute atomic E-state index is 0. The highest BCUT2D eigenvalue weighted by molar-refractivity contribution is 5.35. The maximum Gasteiger partial charge on any atom is 0.290 e. The average Bonchev–Trinajstić information content (AvgIpc) is 2.06. The van der Waals surface area contributed by atoms with Crippen LogP contribution in [0.3, 0.4) is 0 Å². The summed E-state index contributed by atoms with van der Waals surface area (Å²) in [5.74, 6) is 0.0330. The molecule has 0 aliphatic carbocycles. The fourth-order valence-corrected chi connectivity index (χ4v) is 0.574. The van der Waals surface area contributed by atoms with Crippen molar-refractivity contribution in [3.8, 4) is 5.75 Å². The summed E-state index contributed by atoms with van der Waals surface area (Å²) in [4.78, 5) is 17.9. The van der Waals surface area contributed by atoms with Crippen molar-refractivity contribution >= 4 is 12.2 Å². The molecular weight excluding hydrogens is 192 g/mol. The van der Waals surface area contributed by atoms with Crippen molar-refractivity contribution in [2.75, 3.05) is 0 Å². The molecule has 7 nitrogen and oxygen atoms in total. The van der Waals surface area contributed by atoms with Crippen molar-refractivity contribution in [1.82, 2.24) is 6.15 Å². The lowest BCUT2D eigenvalue weighted by molar-refractivity contribution is -0.384. The maximum atomic E-state index is 10.0. The van der Waals surface area contributed by atoms with Crippen molar-refractivity contribution in [3.63, 3.8) is 0 Å². The first-order valence-electron chi connectivity index (χ1n) is 3.13. The monoisotopic (exact) mass is 202 g/mol. The number of aromatic hydroxyl groups is 1. The molecule has 1 aromatic rings. The largest absolute Gasteiger partial charge is 0.508 e. The second-order valence-electron chi connectivity index (χ2n) is 1.88. The van der Waals surface area contributed by atoms with Crippen molar-refractivity contribution in [2.45, 2.75) is 0 Å². The van der Waals surface area contributed by atoms with E-state index in [-0.39, 0.29) is 24.1 Å².